The van der Waals surface area contributed by atoms with E-state index in [2.05, 4.69) is 18.9 Å². The molecule has 0 bridgehead atoms. The zero-order valence-electron chi connectivity index (χ0n) is 12.2. The Balaban J connectivity index is 3.09. The molecule has 0 saturated carbocycles. The third kappa shape index (κ3) is 3.93. The number of hydrogen-bond donors (Lipinski definition) is 0. The fraction of sp³-hybridized carbons (Fsp3) is 0.769. The SMILES string of the molecule is CC(C)CC(Cl)Cc1c([N+](=O)[O-])c(C(C)C)nn1C. The molecule has 108 valence electrons. The predicted octanol–water partition coefficient (Wildman–Crippen LogP) is 3.65. The van der Waals surface area contributed by atoms with Crippen molar-refractivity contribution in [3.63, 3.8) is 0 Å². The number of alkyl halides is 1. The second-order valence-electron chi connectivity index (χ2n) is 5.65. The van der Waals surface area contributed by atoms with Crippen LogP contribution in [0.25, 0.3) is 0 Å². The number of hydrogen-bond acceptors (Lipinski definition) is 3. The second-order valence-corrected chi connectivity index (χ2v) is 6.26. The molecule has 0 N–H and O–H groups in total. The fourth-order valence-electron chi connectivity index (χ4n) is 2.19. The molecule has 1 unspecified atom stereocenters. The lowest BCUT2D eigenvalue weighted by Gasteiger charge is -2.11. The van der Waals surface area contributed by atoms with Crippen LogP contribution in [-0.2, 0) is 13.5 Å². The molecule has 1 heterocycles. The normalized spacial score (nSPS) is 13.3. The highest BCUT2D eigenvalue weighted by molar-refractivity contribution is 6.20. The zero-order chi connectivity index (χ0) is 14.7. The van der Waals surface area contributed by atoms with Crippen LogP contribution >= 0.6 is 11.6 Å². The molecule has 0 aliphatic rings. The molecule has 0 saturated heterocycles. The van der Waals surface area contributed by atoms with Gasteiger partial charge in [-0.15, -0.1) is 11.6 Å². The van der Waals surface area contributed by atoms with Gasteiger partial charge in [0.25, 0.3) is 0 Å². The summed E-state index contributed by atoms with van der Waals surface area (Å²) in [6.07, 6.45) is 1.31. The quantitative estimate of drug-likeness (QED) is 0.456. The van der Waals surface area contributed by atoms with Crippen molar-refractivity contribution in [2.24, 2.45) is 13.0 Å². The van der Waals surface area contributed by atoms with Crippen LogP contribution in [0.4, 0.5) is 5.69 Å². The van der Waals surface area contributed by atoms with Crippen molar-refractivity contribution in [3.8, 4) is 0 Å². The zero-order valence-corrected chi connectivity index (χ0v) is 12.9. The summed E-state index contributed by atoms with van der Waals surface area (Å²) in [5.74, 6) is 0.499. The minimum absolute atomic E-state index is 0.0271. The molecule has 1 atom stereocenters. The van der Waals surface area contributed by atoms with E-state index in [1.165, 1.54) is 0 Å². The van der Waals surface area contributed by atoms with Gasteiger partial charge in [0.2, 0.25) is 0 Å². The first-order valence-corrected chi connectivity index (χ1v) is 7.01. The molecule has 0 aliphatic heterocycles. The maximum atomic E-state index is 11.3. The van der Waals surface area contributed by atoms with E-state index in [-0.39, 0.29) is 21.9 Å². The third-order valence-corrected chi connectivity index (χ3v) is 3.37. The first-order chi connectivity index (χ1) is 8.73. The van der Waals surface area contributed by atoms with Crippen molar-refractivity contribution in [3.05, 3.63) is 21.5 Å². The highest BCUT2D eigenvalue weighted by Crippen LogP contribution is 2.31. The summed E-state index contributed by atoms with van der Waals surface area (Å²) in [7, 11) is 1.74. The van der Waals surface area contributed by atoms with Gasteiger partial charge in [-0.3, -0.25) is 14.8 Å². The predicted molar refractivity (Wildman–Crippen MR) is 76.8 cm³/mol. The first kappa shape index (κ1) is 16.0. The van der Waals surface area contributed by atoms with Crippen molar-refractivity contribution in [2.75, 3.05) is 0 Å². The van der Waals surface area contributed by atoms with Crippen molar-refractivity contribution in [1.29, 1.82) is 0 Å². The van der Waals surface area contributed by atoms with E-state index >= 15 is 0 Å². The molecule has 0 fully saturated rings. The Labute approximate surface area is 119 Å². The molecule has 1 aromatic rings. The average Bonchev–Trinajstić information content (AvgIpc) is 2.55. The highest BCUT2D eigenvalue weighted by atomic mass is 35.5. The first-order valence-electron chi connectivity index (χ1n) is 6.58. The summed E-state index contributed by atoms with van der Waals surface area (Å²) >= 11 is 6.28. The maximum Gasteiger partial charge on any atom is 0.313 e. The van der Waals surface area contributed by atoms with Crippen molar-refractivity contribution < 1.29 is 4.92 Å². The smallest absolute Gasteiger partial charge is 0.265 e. The third-order valence-electron chi connectivity index (χ3n) is 3.04. The Hall–Kier alpha value is -1.10. The Morgan fingerprint density at radius 1 is 1.37 bits per heavy atom. The van der Waals surface area contributed by atoms with Crippen LogP contribution in [0.1, 0.15) is 51.4 Å². The molecule has 0 amide bonds. The Morgan fingerprint density at radius 2 is 1.95 bits per heavy atom. The van der Waals surface area contributed by atoms with Gasteiger partial charge in [0.05, 0.1) is 4.92 Å². The molecule has 19 heavy (non-hydrogen) atoms. The number of nitrogens with zero attached hydrogens (tertiary/aromatic N) is 3. The monoisotopic (exact) mass is 287 g/mol. The van der Waals surface area contributed by atoms with E-state index in [4.69, 9.17) is 11.6 Å². The Bertz CT molecular complexity index is 455. The van der Waals surface area contributed by atoms with Crippen LogP contribution in [-0.4, -0.2) is 20.1 Å². The fourth-order valence-corrected chi connectivity index (χ4v) is 2.69. The second kappa shape index (κ2) is 6.37. The number of rotatable bonds is 6. The molecular weight excluding hydrogens is 266 g/mol. The van der Waals surface area contributed by atoms with Gasteiger partial charge in [-0.05, 0) is 12.3 Å². The Kier molecular flexibility index (Phi) is 5.35. The molecule has 1 rings (SSSR count). The number of halogens is 1. The molecule has 0 aromatic carbocycles. The van der Waals surface area contributed by atoms with Gasteiger partial charge in [0, 0.05) is 24.8 Å². The van der Waals surface area contributed by atoms with Gasteiger partial charge in [-0.25, -0.2) is 0 Å². The highest BCUT2D eigenvalue weighted by Gasteiger charge is 2.29. The van der Waals surface area contributed by atoms with Crippen molar-refractivity contribution in [1.82, 2.24) is 9.78 Å². The average molecular weight is 288 g/mol. The molecule has 0 aliphatic carbocycles. The molecular formula is C13H22ClN3O2. The van der Waals surface area contributed by atoms with E-state index in [1.54, 1.807) is 11.7 Å². The summed E-state index contributed by atoms with van der Waals surface area (Å²) in [5, 5.41) is 15.5. The van der Waals surface area contributed by atoms with E-state index in [0.717, 1.165) is 6.42 Å². The van der Waals surface area contributed by atoms with Gasteiger partial charge in [-0.1, -0.05) is 27.7 Å². The minimum atomic E-state index is -0.337. The van der Waals surface area contributed by atoms with Gasteiger partial charge in [-0.2, -0.15) is 5.10 Å². The van der Waals surface area contributed by atoms with E-state index in [1.807, 2.05) is 13.8 Å². The standard InChI is InChI=1S/C13H22ClN3O2/c1-8(2)6-10(14)7-11-13(17(18)19)12(9(3)4)15-16(11)5/h8-10H,6-7H2,1-5H3. The van der Waals surface area contributed by atoms with Crippen LogP contribution in [0.2, 0.25) is 0 Å². The lowest BCUT2D eigenvalue weighted by atomic mass is 10.0. The number of nitro groups is 1. The summed E-state index contributed by atoms with van der Waals surface area (Å²) in [5.41, 5.74) is 1.29. The molecule has 0 spiro atoms. The minimum Gasteiger partial charge on any atom is -0.265 e. The Morgan fingerprint density at radius 3 is 2.37 bits per heavy atom. The van der Waals surface area contributed by atoms with Gasteiger partial charge < -0.3 is 0 Å². The summed E-state index contributed by atoms with van der Waals surface area (Å²) in [6.45, 7) is 8.00. The topological polar surface area (TPSA) is 61.0 Å². The van der Waals surface area contributed by atoms with Crippen LogP contribution in [0.5, 0.6) is 0 Å². The van der Waals surface area contributed by atoms with E-state index in [0.29, 0.717) is 23.7 Å². The van der Waals surface area contributed by atoms with Crippen molar-refractivity contribution in [2.45, 2.75) is 51.8 Å². The number of aromatic nitrogens is 2. The van der Waals surface area contributed by atoms with Gasteiger partial charge in [0.15, 0.2) is 0 Å². The number of aryl methyl sites for hydroxylation is 1. The molecule has 1 aromatic heterocycles. The largest absolute Gasteiger partial charge is 0.313 e. The molecule has 5 nitrogen and oxygen atoms in total. The van der Waals surface area contributed by atoms with Crippen LogP contribution in [0.15, 0.2) is 0 Å². The van der Waals surface area contributed by atoms with E-state index in [9.17, 15) is 10.1 Å². The maximum absolute atomic E-state index is 11.3. The van der Waals surface area contributed by atoms with Gasteiger partial charge in [0.1, 0.15) is 11.4 Å². The van der Waals surface area contributed by atoms with Crippen LogP contribution in [0, 0.1) is 16.0 Å². The van der Waals surface area contributed by atoms with Gasteiger partial charge >= 0.3 is 5.69 Å². The van der Waals surface area contributed by atoms with E-state index < -0.39 is 0 Å². The molecule has 0 radical (unpaired) electrons. The molecule has 6 heteroatoms. The summed E-state index contributed by atoms with van der Waals surface area (Å²) in [4.78, 5) is 10.9. The lowest BCUT2D eigenvalue weighted by Crippen LogP contribution is -2.11. The van der Waals surface area contributed by atoms with Crippen LogP contribution in [0.3, 0.4) is 0 Å². The van der Waals surface area contributed by atoms with Crippen LogP contribution < -0.4 is 0 Å². The summed E-state index contributed by atoms with van der Waals surface area (Å²) < 4.78 is 1.60. The summed E-state index contributed by atoms with van der Waals surface area (Å²) in [6, 6.07) is 0. The lowest BCUT2D eigenvalue weighted by molar-refractivity contribution is -0.386. The van der Waals surface area contributed by atoms with Crippen molar-refractivity contribution >= 4 is 17.3 Å².